The summed E-state index contributed by atoms with van der Waals surface area (Å²) in [5.74, 6) is -6.89. The summed E-state index contributed by atoms with van der Waals surface area (Å²) < 4.78 is 77.5. The minimum absolute atomic E-state index is 0.0356. The number of anilines is 2. The van der Waals surface area contributed by atoms with E-state index in [1.807, 2.05) is 40.8 Å². The maximum absolute atomic E-state index is 14.2. The number of hydrogen-bond donors (Lipinski definition) is 9. The van der Waals surface area contributed by atoms with Gasteiger partial charge >= 0.3 is 18.0 Å². The number of hydrogen-bond acceptors (Lipinski definition) is 25. The number of benzene rings is 3. The minimum Gasteiger partial charge on any atom is -0.496 e. The highest BCUT2D eigenvalue weighted by atomic mass is 32.2. The van der Waals surface area contributed by atoms with Crippen LogP contribution in [0, 0.1) is 30.1 Å². The monoisotopic (exact) mass is 1530 g/mol. The normalized spacial score (nSPS) is 23.1. The summed E-state index contributed by atoms with van der Waals surface area (Å²) in [6, 6.07) is 17.4. The van der Waals surface area contributed by atoms with Crippen molar-refractivity contribution in [3.8, 4) is 28.4 Å². The lowest BCUT2D eigenvalue weighted by Crippen LogP contribution is -2.58. The van der Waals surface area contributed by atoms with Crippen LogP contribution in [0.2, 0.25) is 0 Å². The Morgan fingerprint density at radius 3 is 2.31 bits per heavy atom. The number of imide groups is 1. The quantitative estimate of drug-likeness (QED) is 0.0155. The fourth-order valence-electron chi connectivity index (χ4n) is 16.1. The smallest absolute Gasteiger partial charge is 0.410 e. The molecule has 3 aromatic heterocycles. The lowest BCUT2D eigenvalue weighted by Gasteiger charge is -2.61. The Labute approximate surface area is 624 Å². The van der Waals surface area contributed by atoms with Crippen molar-refractivity contribution in [2.75, 3.05) is 95.9 Å². The topological polar surface area (TPSA) is 446 Å². The van der Waals surface area contributed by atoms with Crippen molar-refractivity contribution < 1.29 is 110 Å². The zero-order chi connectivity index (χ0) is 76.8. The number of nitrogens with zero attached hydrogens (tertiary/aromatic N) is 7. The molecule has 0 saturated heterocycles. The number of carboxylic acid groups (broad SMARTS) is 2. The molecule has 7 aliphatic rings. The molecular weight excluding hydrogens is 1450 g/mol. The molecule has 4 bridgehead atoms. The second kappa shape index (κ2) is 33.4. The number of aromatic nitrogens is 4. The summed E-state index contributed by atoms with van der Waals surface area (Å²) in [5.41, 5.74) is 4.09. The number of ether oxygens (including phenoxy) is 7. The molecule has 2 unspecified atom stereocenters. The molecule has 6 amide bonds. The lowest BCUT2D eigenvalue weighted by molar-refractivity contribution is -0.197. The average Bonchev–Trinajstić information content (AvgIpc) is 0.886. The first-order valence-corrected chi connectivity index (χ1v) is 37.9. The number of aliphatic hydroxyl groups excluding tert-OH is 3. The number of methoxy groups -OCH3 is 2. The number of aliphatic carboxylic acids is 1. The second-order valence-corrected chi connectivity index (χ2v) is 30.7. The molecule has 3 aromatic carbocycles. The van der Waals surface area contributed by atoms with Crippen molar-refractivity contribution in [1.82, 2.24) is 40.2 Å². The van der Waals surface area contributed by atoms with E-state index in [1.165, 1.54) is 41.5 Å². The molecule has 578 valence electrons. The summed E-state index contributed by atoms with van der Waals surface area (Å²) in [6.45, 7) is 2.47. The van der Waals surface area contributed by atoms with Gasteiger partial charge in [-0.2, -0.15) is 13.5 Å². The van der Waals surface area contributed by atoms with Crippen molar-refractivity contribution >= 4 is 90.2 Å². The van der Waals surface area contributed by atoms with Crippen LogP contribution in [0.3, 0.4) is 0 Å². The number of carboxylic acids is 2. The van der Waals surface area contributed by atoms with Crippen molar-refractivity contribution in [1.29, 1.82) is 0 Å². The minimum atomic E-state index is -4.78. The number of nitrogens with one attached hydrogen (secondary N) is 3. The highest BCUT2D eigenvalue weighted by molar-refractivity contribution is 7.85. The van der Waals surface area contributed by atoms with E-state index >= 15 is 0 Å². The Hall–Kier alpha value is -9.72. The molecule has 5 saturated carbocycles. The molecule has 0 spiro atoms. The van der Waals surface area contributed by atoms with Crippen LogP contribution in [-0.2, 0) is 79.2 Å². The molecule has 2 aliphatic heterocycles. The first kappa shape index (κ1) is 77.9. The van der Waals surface area contributed by atoms with Crippen molar-refractivity contribution in [2.24, 2.45) is 23.2 Å². The van der Waals surface area contributed by atoms with Crippen LogP contribution >= 0.6 is 11.3 Å². The van der Waals surface area contributed by atoms with E-state index in [-0.39, 0.29) is 99.8 Å². The number of carbonyl (C=O) groups is 8. The van der Waals surface area contributed by atoms with Crippen molar-refractivity contribution in [3.05, 3.63) is 119 Å². The predicted molar refractivity (Wildman–Crippen MR) is 385 cm³/mol. The van der Waals surface area contributed by atoms with Gasteiger partial charge in [0.25, 0.3) is 27.8 Å². The van der Waals surface area contributed by atoms with Crippen molar-refractivity contribution in [3.63, 3.8) is 0 Å². The molecule has 6 aromatic rings. The summed E-state index contributed by atoms with van der Waals surface area (Å²) >= 11 is 1.38. The molecule has 35 heteroatoms. The maximum atomic E-state index is 14.2. The van der Waals surface area contributed by atoms with Gasteiger partial charge in [0.15, 0.2) is 10.8 Å². The molecule has 5 fully saturated rings. The highest BCUT2D eigenvalue weighted by Crippen LogP contribution is 2.63. The van der Waals surface area contributed by atoms with Gasteiger partial charge in [0.2, 0.25) is 11.8 Å². The summed E-state index contributed by atoms with van der Waals surface area (Å²) in [6.07, 6.45) is 1.15. The molecule has 5 heterocycles. The Kier molecular flexibility index (Phi) is 24.1. The van der Waals surface area contributed by atoms with E-state index in [4.69, 9.17) is 43.2 Å². The SMILES string of the molecule is COCCN(CCOC12CC3CC(CC(Cn4ncc(-c5ccc(N6CCc7c(OC)ccc(C(=O)Nc8nc9ccccc9s8)c7C6)nc5C(=O)O)c4C)(C3)C1)C2)C(=O)OCc1ccc(OCCOCCNC(=O)[C@H](CS(=O)(=O)O)NC(=O)CCN2C(=O)C=CC2=O)cc1O[C@@H]1C[C@H](C(=O)O)[C@@H](O)[C@H](O)[C@H]1O. The van der Waals surface area contributed by atoms with E-state index in [2.05, 4.69) is 20.9 Å². The van der Waals surface area contributed by atoms with E-state index in [0.29, 0.717) is 64.7 Å². The zero-order valence-electron chi connectivity index (χ0n) is 59.5. The second-order valence-electron chi connectivity index (χ2n) is 28.2. The third-order valence-electron chi connectivity index (χ3n) is 20.9. The van der Waals surface area contributed by atoms with Crippen LogP contribution < -0.4 is 35.1 Å². The van der Waals surface area contributed by atoms with Crippen molar-refractivity contribution in [2.45, 2.75) is 120 Å². The van der Waals surface area contributed by atoms with Crippen LogP contribution in [0.4, 0.5) is 15.7 Å². The summed E-state index contributed by atoms with van der Waals surface area (Å²) in [5, 5.41) is 65.9. The van der Waals surface area contributed by atoms with Crippen LogP contribution in [0.1, 0.15) is 94.6 Å². The van der Waals surface area contributed by atoms with E-state index in [0.717, 1.165) is 82.6 Å². The Bertz CT molecular complexity index is 4480. The van der Waals surface area contributed by atoms with Crippen LogP contribution in [0.15, 0.2) is 85.1 Å². The summed E-state index contributed by atoms with van der Waals surface area (Å²) in [4.78, 5) is 116. The van der Waals surface area contributed by atoms with Gasteiger partial charge in [-0.05, 0) is 123 Å². The van der Waals surface area contributed by atoms with Gasteiger partial charge in [0, 0.05) is 117 Å². The molecule has 9 N–H and O–H groups in total. The molecule has 8 atom stereocenters. The first-order valence-electron chi connectivity index (χ1n) is 35.4. The van der Waals surface area contributed by atoms with Crippen LogP contribution in [0.25, 0.3) is 21.3 Å². The number of carbonyl (C=O) groups excluding carboxylic acids is 6. The molecule has 108 heavy (non-hydrogen) atoms. The molecule has 5 aliphatic carbocycles. The highest BCUT2D eigenvalue weighted by Gasteiger charge is 2.59. The number of rotatable bonds is 34. The average molecular weight is 1540 g/mol. The van der Waals surface area contributed by atoms with E-state index in [9.17, 15) is 76.9 Å². The number of pyridine rings is 1. The van der Waals surface area contributed by atoms with Gasteiger partial charge in [-0.3, -0.25) is 48.2 Å². The van der Waals surface area contributed by atoms with Gasteiger partial charge in [0.1, 0.15) is 66.4 Å². The maximum Gasteiger partial charge on any atom is 0.410 e. The Morgan fingerprint density at radius 1 is 0.824 bits per heavy atom. The predicted octanol–water partition coefficient (Wildman–Crippen LogP) is 4.16. The zero-order valence-corrected chi connectivity index (χ0v) is 61.2. The summed E-state index contributed by atoms with van der Waals surface area (Å²) in [7, 11) is -1.70. The molecular formula is C73H86N10O23S2. The number of fused-ring (bicyclic) bond motifs is 2. The largest absolute Gasteiger partial charge is 0.496 e. The number of aliphatic hydroxyl groups is 3. The van der Waals surface area contributed by atoms with Gasteiger partial charge in [-0.1, -0.05) is 23.5 Å². The van der Waals surface area contributed by atoms with Crippen LogP contribution in [0.5, 0.6) is 17.2 Å². The van der Waals surface area contributed by atoms with Gasteiger partial charge in [-0.25, -0.2) is 19.6 Å². The number of amides is 6. The van der Waals surface area contributed by atoms with Gasteiger partial charge in [0.05, 0.1) is 67.6 Å². The number of thiazole rings is 1. The van der Waals surface area contributed by atoms with Gasteiger partial charge in [-0.15, -0.1) is 0 Å². The number of aromatic carboxylic acids is 1. The fourth-order valence-corrected chi connectivity index (χ4v) is 17.6. The lowest BCUT2D eigenvalue weighted by atomic mass is 9.48. The third-order valence-corrected chi connectivity index (χ3v) is 22.6. The molecule has 0 radical (unpaired) electrons. The first-order chi connectivity index (χ1) is 51.7. The molecule has 13 rings (SSSR count). The van der Waals surface area contributed by atoms with E-state index < -0.39 is 119 Å². The standard InChI is InChI=1S/C73H86N10O23S2/c1-41-50(47-11-13-58(78-62(47)69(94)95)81-19-16-46-51(36-81)48(10-12-54(46)101-3)66(90)79-70-77-52-6-4-5-7-57(52)107-70)35-75-83(41)40-72-31-42-28-43(32-72)34-73(33-42,39-72)105-25-22-80(21-24-100-2)71(96)104-37-44-8-9-45(29-55(44)106-56-30-49(68(92)93)63(87)65(89)64(56)88)103-27-26-102-23-18-74-67(91)53(38-108(97,98)99)76-59(84)17-20-82-60(85)14-15-61(82)86/h4-15,29,35,42-43,49,53,56,63-65,87-89H,16-28,30-34,36-40H2,1-3H3,(H,74,91)(H,76,84)(H,92,93)(H,94,95)(H,77,79,90)(H,97,98,99)/t42?,43?,49-,53-,56+,63+,64-,65-,72?,73?/m0/s1. The van der Waals surface area contributed by atoms with E-state index in [1.54, 1.807) is 37.6 Å². The molecule has 33 nitrogen and oxygen atoms in total. The Morgan fingerprint density at radius 2 is 1.58 bits per heavy atom. The van der Waals surface area contributed by atoms with Gasteiger partial charge < -0.3 is 79.1 Å². The third kappa shape index (κ3) is 18.0. The van der Waals surface area contributed by atoms with Crippen LogP contribution in [-0.4, -0.2) is 237 Å². The number of para-hydroxylation sites is 1. The Balaban J connectivity index is 0.661. The fraction of sp³-hybridized carbons (Fsp3) is 0.493.